The number of carbonyl (C=O) groups is 1. The second-order valence-corrected chi connectivity index (χ2v) is 6.44. The molecule has 0 fully saturated rings. The maximum Gasteiger partial charge on any atom is 0.268 e. The van der Waals surface area contributed by atoms with Gasteiger partial charge in [0.15, 0.2) is 0 Å². The molecule has 0 bridgehead atoms. The molecule has 0 spiro atoms. The fourth-order valence-corrected chi connectivity index (χ4v) is 3.34. The third kappa shape index (κ3) is 2.54. The Balaban J connectivity index is 1.56. The molecule has 0 unspecified atom stereocenters. The summed E-state index contributed by atoms with van der Waals surface area (Å²) in [6.07, 6.45) is 0.797. The van der Waals surface area contributed by atoms with Crippen LogP contribution in [0, 0.1) is 6.92 Å². The van der Waals surface area contributed by atoms with Gasteiger partial charge in [-0.15, -0.1) is 0 Å². The van der Waals surface area contributed by atoms with Crippen molar-refractivity contribution < 1.29 is 9.53 Å². The van der Waals surface area contributed by atoms with Gasteiger partial charge >= 0.3 is 0 Å². The van der Waals surface area contributed by atoms with Crippen molar-refractivity contribution in [1.82, 2.24) is 9.88 Å². The molecule has 122 valence electrons. The smallest absolute Gasteiger partial charge is 0.268 e. The number of hydrogen-bond donors (Lipinski definition) is 1. The highest BCUT2D eigenvalue weighted by molar-refractivity contribution is 5.99. The molecule has 2 heterocycles. The summed E-state index contributed by atoms with van der Waals surface area (Å²) in [7, 11) is 1.93. The zero-order chi connectivity index (χ0) is 16.7. The molecule has 2 aromatic carbocycles. The lowest BCUT2D eigenvalue weighted by molar-refractivity contribution is 0.0907. The summed E-state index contributed by atoms with van der Waals surface area (Å²) in [6.45, 7) is 2.56. The van der Waals surface area contributed by atoms with Gasteiger partial charge in [0.2, 0.25) is 0 Å². The SMILES string of the molecule is Cc1ccc2cc(C(=O)N[C@H]3COc4ccccc4C3)n(C)c2c1. The van der Waals surface area contributed by atoms with Crippen molar-refractivity contribution in [2.45, 2.75) is 19.4 Å². The van der Waals surface area contributed by atoms with E-state index in [1.54, 1.807) is 0 Å². The summed E-state index contributed by atoms with van der Waals surface area (Å²) < 4.78 is 7.71. The lowest BCUT2D eigenvalue weighted by Crippen LogP contribution is -2.43. The minimum Gasteiger partial charge on any atom is -0.491 e. The van der Waals surface area contributed by atoms with E-state index >= 15 is 0 Å². The number of amides is 1. The average Bonchev–Trinajstić information content (AvgIpc) is 2.91. The van der Waals surface area contributed by atoms with Crippen LogP contribution in [0.3, 0.4) is 0 Å². The van der Waals surface area contributed by atoms with E-state index in [0.29, 0.717) is 12.3 Å². The first-order valence-electron chi connectivity index (χ1n) is 8.19. The number of rotatable bonds is 2. The molecular formula is C20H20N2O2. The maximum absolute atomic E-state index is 12.7. The van der Waals surface area contributed by atoms with Gasteiger partial charge in [0.05, 0.1) is 6.04 Å². The quantitative estimate of drug-likeness (QED) is 0.788. The van der Waals surface area contributed by atoms with Gasteiger partial charge in [-0.2, -0.15) is 0 Å². The van der Waals surface area contributed by atoms with Crippen LogP contribution < -0.4 is 10.1 Å². The molecule has 0 saturated heterocycles. The van der Waals surface area contributed by atoms with Gasteiger partial charge in [0.1, 0.15) is 18.1 Å². The minimum atomic E-state index is -0.0562. The fraction of sp³-hybridized carbons (Fsp3) is 0.250. The number of carbonyl (C=O) groups excluding carboxylic acids is 1. The van der Waals surface area contributed by atoms with Crippen LogP contribution in [0.4, 0.5) is 0 Å². The Hall–Kier alpha value is -2.75. The van der Waals surface area contributed by atoms with Crippen LogP contribution in [0.15, 0.2) is 48.5 Å². The zero-order valence-corrected chi connectivity index (χ0v) is 13.9. The lowest BCUT2D eigenvalue weighted by atomic mass is 10.0. The second-order valence-electron chi connectivity index (χ2n) is 6.44. The minimum absolute atomic E-state index is 0.00727. The fourth-order valence-electron chi connectivity index (χ4n) is 3.34. The topological polar surface area (TPSA) is 43.3 Å². The summed E-state index contributed by atoms with van der Waals surface area (Å²) in [5.41, 5.74) is 4.08. The van der Waals surface area contributed by atoms with Gasteiger partial charge in [-0.3, -0.25) is 4.79 Å². The lowest BCUT2D eigenvalue weighted by Gasteiger charge is -2.26. The van der Waals surface area contributed by atoms with Crippen LogP contribution in [-0.2, 0) is 13.5 Å². The van der Waals surface area contributed by atoms with Gasteiger partial charge in [-0.1, -0.05) is 30.3 Å². The largest absolute Gasteiger partial charge is 0.491 e. The number of ether oxygens (including phenoxy) is 1. The molecule has 1 aliphatic heterocycles. The van der Waals surface area contributed by atoms with Crippen LogP contribution in [0.25, 0.3) is 10.9 Å². The molecule has 24 heavy (non-hydrogen) atoms. The molecule has 1 aromatic heterocycles. The van der Waals surface area contributed by atoms with Crippen molar-refractivity contribution in [3.8, 4) is 5.75 Å². The van der Waals surface area contributed by atoms with E-state index in [1.165, 1.54) is 5.56 Å². The van der Waals surface area contributed by atoms with Gasteiger partial charge in [-0.25, -0.2) is 0 Å². The molecule has 1 aliphatic rings. The van der Waals surface area contributed by atoms with Crippen molar-refractivity contribution >= 4 is 16.8 Å². The number of nitrogens with zero attached hydrogens (tertiary/aromatic N) is 1. The van der Waals surface area contributed by atoms with E-state index in [1.807, 2.05) is 41.9 Å². The van der Waals surface area contributed by atoms with E-state index in [9.17, 15) is 4.79 Å². The van der Waals surface area contributed by atoms with Crippen LogP contribution in [0.1, 0.15) is 21.6 Å². The first-order chi connectivity index (χ1) is 11.6. The van der Waals surface area contributed by atoms with Crippen LogP contribution in [0.2, 0.25) is 0 Å². The Bertz CT molecular complexity index is 927. The molecule has 0 radical (unpaired) electrons. The Morgan fingerprint density at radius 3 is 2.92 bits per heavy atom. The number of benzene rings is 2. The highest BCUT2D eigenvalue weighted by Gasteiger charge is 2.23. The summed E-state index contributed by atoms with van der Waals surface area (Å²) in [5.74, 6) is 0.863. The Kier molecular flexibility index (Phi) is 3.53. The molecule has 4 rings (SSSR count). The first-order valence-corrected chi connectivity index (χ1v) is 8.19. The first kappa shape index (κ1) is 14.8. The molecule has 1 atom stereocenters. The van der Waals surface area contributed by atoms with E-state index < -0.39 is 0 Å². The van der Waals surface area contributed by atoms with Crippen LogP contribution in [-0.4, -0.2) is 23.1 Å². The Morgan fingerprint density at radius 1 is 1.21 bits per heavy atom. The van der Waals surface area contributed by atoms with Crippen molar-refractivity contribution in [2.24, 2.45) is 7.05 Å². The van der Waals surface area contributed by atoms with Crippen molar-refractivity contribution in [2.75, 3.05) is 6.61 Å². The van der Waals surface area contributed by atoms with E-state index in [2.05, 4.69) is 30.4 Å². The van der Waals surface area contributed by atoms with E-state index in [4.69, 9.17) is 4.74 Å². The number of hydrogen-bond acceptors (Lipinski definition) is 2. The van der Waals surface area contributed by atoms with Gasteiger partial charge in [-0.05, 0) is 42.7 Å². The van der Waals surface area contributed by atoms with Gasteiger partial charge in [0, 0.05) is 18.0 Å². The van der Waals surface area contributed by atoms with E-state index in [-0.39, 0.29) is 11.9 Å². The monoisotopic (exact) mass is 320 g/mol. The number of nitrogens with one attached hydrogen (secondary N) is 1. The average molecular weight is 320 g/mol. The standard InChI is InChI=1S/C20H20N2O2/c1-13-7-8-14-11-18(22(2)17(14)9-13)20(23)21-16-10-15-5-3-4-6-19(15)24-12-16/h3-9,11,16H,10,12H2,1-2H3,(H,21,23)/t16-/m1/s1. The number of aryl methyl sites for hydroxylation is 2. The molecule has 3 aromatic rings. The number of fused-ring (bicyclic) bond motifs is 2. The molecule has 0 aliphatic carbocycles. The molecule has 4 nitrogen and oxygen atoms in total. The van der Waals surface area contributed by atoms with Crippen molar-refractivity contribution in [1.29, 1.82) is 0 Å². The molecule has 0 saturated carbocycles. The summed E-state index contributed by atoms with van der Waals surface area (Å²) in [5, 5.41) is 4.19. The molecular weight excluding hydrogens is 300 g/mol. The molecule has 1 N–H and O–H groups in total. The normalized spacial score (nSPS) is 16.5. The van der Waals surface area contributed by atoms with Gasteiger partial charge < -0.3 is 14.6 Å². The van der Waals surface area contributed by atoms with Crippen molar-refractivity contribution in [3.05, 3.63) is 65.4 Å². The summed E-state index contributed by atoms with van der Waals surface area (Å²) in [4.78, 5) is 12.7. The third-order valence-corrected chi connectivity index (χ3v) is 4.65. The van der Waals surface area contributed by atoms with Crippen LogP contribution >= 0.6 is 0 Å². The third-order valence-electron chi connectivity index (χ3n) is 4.65. The molecule has 1 amide bonds. The van der Waals surface area contributed by atoms with E-state index in [0.717, 1.165) is 28.6 Å². The van der Waals surface area contributed by atoms with Crippen molar-refractivity contribution in [3.63, 3.8) is 0 Å². The predicted molar refractivity (Wildman–Crippen MR) is 94.6 cm³/mol. The number of para-hydroxylation sites is 1. The summed E-state index contributed by atoms with van der Waals surface area (Å²) in [6, 6.07) is 16.2. The van der Waals surface area contributed by atoms with Gasteiger partial charge in [0.25, 0.3) is 5.91 Å². The molecule has 4 heteroatoms. The second kappa shape index (κ2) is 5.71. The summed E-state index contributed by atoms with van der Waals surface area (Å²) >= 11 is 0. The Morgan fingerprint density at radius 2 is 2.04 bits per heavy atom. The zero-order valence-electron chi connectivity index (χ0n) is 13.9. The highest BCUT2D eigenvalue weighted by atomic mass is 16.5. The predicted octanol–water partition coefficient (Wildman–Crippen LogP) is 3.22. The Labute approximate surface area is 141 Å². The number of aromatic nitrogens is 1. The highest BCUT2D eigenvalue weighted by Crippen LogP contribution is 2.24. The maximum atomic E-state index is 12.7. The van der Waals surface area contributed by atoms with Crippen LogP contribution in [0.5, 0.6) is 5.75 Å².